The molecular formula is C14H26O. The first kappa shape index (κ1) is 14.4. The van der Waals surface area contributed by atoms with Crippen LogP contribution in [0.2, 0.25) is 0 Å². The van der Waals surface area contributed by atoms with Crippen LogP contribution in [0.25, 0.3) is 0 Å². The Hall–Kier alpha value is -0.560. The third-order valence-corrected chi connectivity index (χ3v) is 2.82. The van der Waals surface area contributed by atoms with Gasteiger partial charge >= 0.3 is 0 Å². The molecule has 0 aromatic rings. The Labute approximate surface area is 94.9 Å². The second kappa shape index (κ2) is 7.70. The number of rotatable bonds is 6. The zero-order chi connectivity index (χ0) is 11.8. The smallest absolute Gasteiger partial charge is 0.0625 e. The average Bonchev–Trinajstić information content (AvgIpc) is 2.17. The van der Waals surface area contributed by atoms with Crippen LogP contribution < -0.4 is 0 Å². The lowest BCUT2D eigenvalue weighted by atomic mass is 9.89. The Morgan fingerprint density at radius 2 is 1.93 bits per heavy atom. The summed E-state index contributed by atoms with van der Waals surface area (Å²) in [5.41, 5.74) is 1.23. The first-order valence-corrected chi connectivity index (χ1v) is 6.02. The molecule has 0 aliphatic carbocycles. The van der Waals surface area contributed by atoms with Crippen LogP contribution in [-0.2, 0) is 0 Å². The maximum Gasteiger partial charge on any atom is 0.0625 e. The molecule has 0 aliphatic rings. The highest BCUT2D eigenvalue weighted by molar-refractivity contribution is 5.16. The summed E-state index contributed by atoms with van der Waals surface area (Å²) < 4.78 is 0. The quantitative estimate of drug-likeness (QED) is 0.658. The van der Waals surface area contributed by atoms with Gasteiger partial charge < -0.3 is 5.11 Å². The molecule has 1 N–H and O–H groups in total. The monoisotopic (exact) mass is 210 g/mol. The highest BCUT2D eigenvalue weighted by Crippen LogP contribution is 2.19. The van der Waals surface area contributed by atoms with Crippen molar-refractivity contribution >= 4 is 0 Å². The predicted molar refractivity (Wildman–Crippen MR) is 67.8 cm³/mol. The number of aliphatic hydroxyl groups excluding tert-OH is 1. The van der Waals surface area contributed by atoms with Crippen LogP contribution in [0.3, 0.4) is 0 Å². The lowest BCUT2D eigenvalue weighted by Crippen LogP contribution is -2.24. The molecule has 15 heavy (non-hydrogen) atoms. The summed E-state index contributed by atoms with van der Waals surface area (Å²) in [6, 6.07) is 0. The van der Waals surface area contributed by atoms with Gasteiger partial charge in [-0.2, -0.15) is 0 Å². The van der Waals surface area contributed by atoms with Gasteiger partial charge in [-0.25, -0.2) is 0 Å². The fourth-order valence-corrected chi connectivity index (χ4v) is 1.98. The minimum absolute atomic E-state index is 0.217. The second-order valence-electron chi connectivity index (χ2n) is 4.53. The summed E-state index contributed by atoms with van der Waals surface area (Å²) >= 11 is 0. The van der Waals surface area contributed by atoms with Gasteiger partial charge in [0.05, 0.1) is 6.10 Å². The first-order valence-electron chi connectivity index (χ1n) is 6.02. The van der Waals surface area contributed by atoms with E-state index in [1.54, 1.807) is 0 Å². The van der Waals surface area contributed by atoms with Gasteiger partial charge in [0.25, 0.3) is 0 Å². The van der Waals surface area contributed by atoms with Crippen molar-refractivity contribution in [3.63, 3.8) is 0 Å². The molecule has 0 rings (SSSR count). The van der Waals surface area contributed by atoms with Crippen molar-refractivity contribution in [3.05, 3.63) is 23.8 Å². The molecule has 0 aromatic carbocycles. The van der Waals surface area contributed by atoms with E-state index < -0.39 is 0 Å². The zero-order valence-electron chi connectivity index (χ0n) is 10.8. The highest BCUT2D eigenvalue weighted by atomic mass is 16.3. The molecule has 88 valence electrons. The Morgan fingerprint density at radius 3 is 2.40 bits per heavy atom. The van der Waals surface area contributed by atoms with Gasteiger partial charge in [-0.05, 0) is 26.2 Å². The average molecular weight is 210 g/mol. The Kier molecular flexibility index (Phi) is 7.41. The maximum atomic E-state index is 10.1. The van der Waals surface area contributed by atoms with Crippen molar-refractivity contribution in [2.24, 2.45) is 11.8 Å². The van der Waals surface area contributed by atoms with Gasteiger partial charge in [0.15, 0.2) is 0 Å². The second-order valence-corrected chi connectivity index (χ2v) is 4.53. The summed E-state index contributed by atoms with van der Waals surface area (Å²) in [4.78, 5) is 0. The fraction of sp³-hybridized carbons (Fsp3) is 0.714. The summed E-state index contributed by atoms with van der Waals surface area (Å²) in [5.74, 6) is 0.627. The van der Waals surface area contributed by atoms with Crippen LogP contribution in [0.1, 0.15) is 47.5 Å². The van der Waals surface area contributed by atoms with E-state index in [0.29, 0.717) is 5.92 Å². The Bertz CT molecular complexity index is 215. The molecule has 0 fully saturated rings. The van der Waals surface area contributed by atoms with E-state index in [4.69, 9.17) is 0 Å². The van der Waals surface area contributed by atoms with Crippen LogP contribution >= 0.6 is 0 Å². The summed E-state index contributed by atoms with van der Waals surface area (Å²) in [6.07, 6.45) is 8.28. The maximum absolute atomic E-state index is 10.1. The van der Waals surface area contributed by atoms with Crippen LogP contribution in [0.15, 0.2) is 23.8 Å². The zero-order valence-corrected chi connectivity index (χ0v) is 10.8. The number of aliphatic hydroxyl groups is 1. The van der Waals surface area contributed by atoms with Crippen molar-refractivity contribution in [2.75, 3.05) is 0 Å². The molecule has 0 heterocycles. The molecule has 1 heteroatoms. The van der Waals surface area contributed by atoms with Crippen LogP contribution in [0.5, 0.6) is 0 Å². The molecule has 0 saturated carbocycles. The first-order chi connectivity index (χ1) is 7.02. The topological polar surface area (TPSA) is 20.2 Å². The standard InChI is InChI=1S/C14H26O/c1-6-8-11(3)10-13(5)14(15)12(4)9-7-2/h6,8,10,12-15H,7,9H2,1-5H3/b8-6+,11-10+/t12-,13+,14-/m0/s1. The van der Waals surface area contributed by atoms with Gasteiger partial charge in [-0.1, -0.05) is 51.0 Å². The summed E-state index contributed by atoms with van der Waals surface area (Å²) in [7, 11) is 0. The lowest BCUT2D eigenvalue weighted by Gasteiger charge is -2.22. The van der Waals surface area contributed by atoms with E-state index in [0.717, 1.165) is 12.8 Å². The summed E-state index contributed by atoms with van der Waals surface area (Å²) in [5, 5.41) is 10.1. The van der Waals surface area contributed by atoms with Gasteiger partial charge in [0.1, 0.15) is 0 Å². The molecular weight excluding hydrogens is 184 g/mol. The fourth-order valence-electron chi connectivity index (χ4n) is 1.98. The van der Waals surface area contributed by atoms with E-state index >= 15 is 0 Å². The molecule has 0 spiro atoms. The number of hydrogen-bond donors (Lipinski definition) is 1. The van der Waals surface area contributed by atoms with E-state index in [2.05, 4.69) is 39.8 Å². The SMILES string of the molecule is C/C=C/C(C)=C/[C@@H](C)[C@@H](O)[C@@H](C)CCC. The van der Waals surface area contributed by atoms with Crippen molar-refractivity contribution in [2.45, 2.75) is 53.6 Å². The van der Waals surface area contributed by atoms with Gasteiger partial charge in [0, 0.05) is 5.92 Å². The van der Waals surface area contributed by atoms with Crippen molar-refractivity contribution in [1.82, 2.24) is 0 Å². The predicted octanol–water partition coefficient (Wildman–Crippen LogP) is 3.94. The van der Waals surface area contributed by atoms with Gasteiger partial charge in [-0.15, -0.1) is 0 Å². The molecule has 0 bridgehead atoms. The molecule has 0 saturated heterocycles. The third kappa shape index (κ3) is 5.78. The van der Waals surface area contributed by atoms with Crippen molar-refractivity contribution in [1.29, 1.82) is 0 Å². The normalized spacial score (nSPS) is 19.2. The molecule has 0 radical (unpaired) electrons. The van der Waals surface area contributed by atoms with Crippen molar-refractivity contribution < 1.29 is 5.11 Å². The molecule has 1 nitrogen and oxygen atoms in total. The van der Waals surface area contributed by atoms with Crippen molar-refractivity contribution in [3.8, 4) is 0 Å². The van der Waals surface area contributed by atoms with Crippen LogP contribution in [0.4, 0.5) is 0 Å². The third-order valence-electron chi connectivity index (χ3n) is 2.82. The van der Waals surface area contributed by atoms with E-state index in [1.807, 2.05) is 13.0 Å². The molecule has 0 unspecified atom stereocenters. The van der Waals surface area contributed by atoms with Crippen LogP contribution in [0, 0.1) is 11.8 Å². The van der Waals surface area contributed by atoms with Crippen LogP contribution in [-0.4, -0.2) is 11.2 Å². The van der Waals surface area contributed by atoms with Gasteiger partial charge in [-0.3, -0.25) is 0 Å². The molecule has 0 amide bonds. The van der Waals surface area contributed by atoms with E-state index in [1.165, 1.54) is 5.57 Å². The van der Waals surface area contributed by atoms with Gasteiger partial charge in [0.2, 0.25) is 0 Å². The largest absolute Gasteiger partial charge is 0.392 e. The minimum atomic E-state index is -0.217. The number of hydrogen-bond acceptors (Lipinski definition) is 1. The van der Waals surface area contributed by atoms with E-state index in [9.17, 15) is 5.11 Å². The summed E-state index contributed by atoms with van der Waals surface area (Å²) in [6.45, 7) is 10.5. The Balaban J connectivity index is 4.30. The highest BCUT2D eigenvalue weighted by Gasteiger charge is 2.18. The minimum Gasteiger partial charge on any atom is -0.392 e. The molecule has 3 atom stereocenters. The lowest BCUT2D eigenvalue weighted by molar-refractivity contribution is 0.0784. The molecule has 0 aliphatic heterocycles. The van der Waals surface area contributed by atoms with E-state index in [-0.39, 0.29) is 12.0 Å². The Morgan fingerprint density at radius 1 is 1.33 bits per heavy atom. The molecule has 0 aromatic heterocycles. The number of allylic oxidation sites excluding steroid dienone is 3.